The molecule has 0 aliphatic heterocycles. The zero-order valence-electron chi connectivity index (χ0n) is 14.2. The summed E-state index contributed by atoms with van der Waals surface area (Å²) in [5, 5.41) is 11.5. The molecule has 2 aromatic rings. The summed E-state index contributed by atoms with van der Waals surface area (Å²) in [4.78, 5) is 29.5. The van der Waals surface area contributed by atoms with Gasteiger partial charge >= 0.3 is 0 Å². The number of aromatic nitrogens is 2. The molecule has 0 saturated heterocycles. The van der Waals surface area contributed by atoms with Crippen LogP contribution < -0.4 is 4.90 Å². The number of nitrogens with zero attached hydrogens (tertiary/aromatic N) is 4. The van der Waals surface area contributed by atoms with Gasteiger partial charge < -0.3 is 9.47 Å². The molecule has 24 heavy (non-hydrogen) atoms. The van der Waals surface area contributed by atoms with Crippen LogP contribution in [0.2, 0.25) is 0 Å². The summed E-state index contributed by atoms with van der Waals surface area (Å²) in [6.45, 7) is 4.28. The second-order valence-corrected chi connectivity index (χ2v) is 6.97. The maximum Gasteiger partial charge on any atom is 0.293 e. The number of carbonyl (C=O) groups excluding carboxylic acids is 1. The highest BCUT2D eigenvalue weighted by Crippen LogP contribution is 2.50. The number of benzene rings is 1. The monoisotopic (exact) mass is 328 g/mol. The number of anilines is 1. The Morgan fingerprint density at radius 1 is 1.46 bits per heavy atom. The first-order valence-electron chi connectivity index (χ1n) is 7.75. The number of aryl methyl sites for hydroxylation is 1. The molecule has 1 aliphatic rings. The van der Waals surface area contributed by atoms with E-state index in [1.807, 2.05) is 11.9 Å². The molecule has 3 rings (SSSR count). The van der Waals surface area contributed by atoms with Crippen LogP contribution in [-0.4, -0.2) is 33.3 Å². The van der Waals surface area contributed by atoms with Gasteiger partial charge in [-0.2, -0.15) is 0 Å². The number of imidazole rings is 1. The highest BCUT2D eigenvalue weighted by Gasteiger charge is 2.49. The SMILES string of the molecule is CN(c1ccc(C(=O)c2nccn2C)cc1[N+](=O)[O-])[C@H]1CC1(C)C. The van der Waals surface area contributed by atoms with Crippen LogP contribution in [0.4, 0.5) is 11.4 Å². The van der Waals surface area contributed by atoms with Crippen LogP contribution >= 0.6 is 0 Å². The van der Waals surface area contributed by atoms with E-state index in [-0.39, 0.29) is 34.3 Å². The molecular weight excluding hydrogens is 308 g/mol. The number of hydrogen-bond acceptors (Lipinski definition) is 5. The Kier molecular flexibility index (Phi) is 3.66. The van der Waals surface area contributed by atoms with E-state index < -0.39 is 4.92 Å². The predicted octanol–water partition coefficient (Wildman–Crippen LogP) is 2.79. The van der Waals surface area contributed by atoms with E-state index in [0.717, 1.165) is 6.42 Å². The number of nitro groups is 1. The maximum atomic E-state index is 12.5. The predicted molar refractivity (Wildman–Crippen MR) is 90.3 cm³/mol. The van der Waals surface area contributed by atoms with E-state index in [0.29, 0.717) is 5.69 Å². The van der Waals surface area contributed by atoms with E-state index in [9.17, 15) is 14.9 Å². The van der Waals surface area contributed by atoms with Crippen LogP contribution in [0, 0.1) is 15.5 Å². The van der Waals surface area contributed by atoms with Gasteiger partial charge in [0.25, 0.3) is 5.69 Å². The lowest BCUT2D eigenvalue weighted by Gasteiger charge is -2.21. The van der Waals surface area contributed by atoms with Crippen molar-refractivity contribution in [1.29, 1.82) is 0 Å². The molecule has 1 heterocycles. The van der Waals surface area contributed by atoms with Crippen LogP contribution in [0.1, 0.15) is 36.5 Å². The van der Waals surface area contributed by atoms with Gasteiger partial charge in [0.15, 0.2) is 5.82 Å². The normalized spacial score (nSPS) is 18.2. The molecule has 1 aromatic carbocycles. The molecule has 1 saturated carbocycles. The van der Waals surface area contributed by atoms with Crippen molar-refractivity contribution in [3.8, 4) is 0 Å². The number of ketones is 1. The summed E-state index contributed by atoms with van der Waals surface area (Å²) in [5.41, 5.74) is 0.903. The van der Waals surface area contributed by atoms with Crippen LogP contribution in [0.15, 0.2) is 30.6 Å². The molecule has 0 amide bonds. The Labute approximate surface area is 140 Å². The lowest BCUT2D eigenvalue weighted by molar-refractivity contribution is -0.384. The fourth-order valence-corrected chi connectivity index (χ4v) is 3.09. The fourth-order valence-electron chi connectivity index (χ4n) is 3.09. The first-order valence-corrected chi connectivity index (χ1v) is 7.75. The van der Waals surface area contributed by atoms with Gasteiger partial charge in [0.2, 0.25) is 5.78 Å². The standard InChI is InChI=1S/C17H20N4O3/c1-17(2)10-14(17)20(4)12-6-5-11(9-13(12)21(23)24)15(22)16-18-7-8-19(16)3/h5-9,14H,10H2,1-4H3/t14-/m0/s1. The van der Waals surface area contributed by atoms with E-state index in [4.69, 9.17) is 0 Å². The first-order chi connectivity index (χ1) is 11.2. The summed E-state index contributed by atoms with van der Waals surface area (Å²) >= 11 is 0. The van der Waals surface area contributed by atoms with Crippen molar-refractivity contribution in [3.05, 3.63) is 52.1 Å². The Bertz CT molecular complexity index is 825. The second kappa shape index (κ2) is 5.43. The summed E-state index contributed by atoms with van der Waals surface area (Å²) in [6, 6.07) is 4.90. The summed E-state index contributed by atoms with van der Waals surface area (Å²) in [6.07, 6.45) is 4.19. The molecule has 1 atom stereocenters. The molecule has 0 spiro atoms. The number of rotatable bonds is 5. The molecule has 1 fully saturated rings. The van der Waals surface area contributed by atoms with Gasteiger partial charge in [-0.05, 0) is 24.0 Å². The van der Waals surface area contributed by atoms with Gasteiger partial charge in [-0.1, -0.05) is 13.8 Å². The topological polar surface area (TPSA) is 81.3 Å². The van der Waals surface area contributed by atoms with E-state index >= 15 is 0 Å². The third kappa shape index (κ3) is 2.66. The largest absolute Gasteiger partial charge is 0.366 e. The van der Waals surface area contributed by atoms with Gasteiger partial charge in [-0.3, -0.25) is 14.9 Å². The third-order valence-electron chi connectivity index (χ3n) is 4.77. The highest BCUT2D eigenvalue weighted by molar-refractivity contribution is 6.07. The van der Waals surface area contributed by atoms with Crippen LogP contribution in [-0.2, 0) is 7.05 Å². The van der Waals surface area contributed by atoms with E-state index in [2.05, 4.69) is 18.8 Å². The molecule has 0 radical (unpaired) electrons. The summed E-state index contributed by atoms with van der Waals surface area (Å²) in [7, 11) is 3.58. The average molecular weight is 328 g/mol. The zero-order chi connectivity index (χ0) is 17.6. The molecule has 0 N–H and O–H groups in total. The minimum Gasteiger partial charge on any atom is -0.366 e. The smallest absolute Gasteiger partial charge is 0.293 e. The molecule has 1 aromatic heterocycles. The van der Waals surface area contributed by atoms with Gasteiger partial charge in [-0.15, -0.1) is 0 Å². The number of hydrogen-bond donors (Lipinski definition) is 0. The van der Waals surface area contributed by atoms with Crippen molar-refractivity contribution >= 4 is 17.2 Å². The summed E-state index contributed by atoms with van der Waals surface area (Å²) < 4.78 is 1.60. The number of carbonyl (C=O) groups is 1. The Hall–Kier alpha value is -2.70. The van der Waals surface area contributed by atoms with Gasteiger partial charge in [0.05, 0.1) is 4.92 Å². The van der Waals surface area contributed by atoms with Crippen molar-refractivity contribution < 1.29 is 9.72 Å². The fraction of sp³-hybridized carbons (Fsp3) is 0.412. The Morgan fingerprint density at radius 3 is 2.62 bits per heavy atom. The van der Waals surface area contributed by atoms with Gasteiger partial charge in [0, 0.05) is 44.2 Å². The van der Waals surface area contributed by atoms with Crippen molar-refractivity contribution in [3.63, 3.8) is 0 Å². The van der Waals surface area contributed by atoms with Gasteiger partial charge in [0.1, 0.15) is 5.69 Å². The van der Waals surface area contributed by atoms with Crippen molar-refractivity contribution in [2.45, 2.75) is 26.3 Å². The maximum absolute atomic E-state index is 12.5. The van der Waals surface area contributed by atoms with E-state index in [1.165, 1.54) is 12.3 Å². The van der Waals surface area contributed by atoms with Crippen LogP contribution in [0.3, 0.4) is 0 Å². The lowest BCUT2D eigenvalue weighted by atomic mass is 10.1. The first kappa shape index (κ1) is 16.2. The molecule has 0 bridgehead atoms. The van der Waals surface area contributed by atoms with Crippen LogP contribution in [0.25, 0.3) is 0 Å². The van der Waals surface area contributed by atoms with Crippen molar-refractivity contribution in [2.24, 2.45) is 12.5 Å². The minimum absolute atomic E-state index is 0.0553. The molecule has 0 unspecified atom stereocenters. The van der Waals surface area contributed by atoms with Crippen LogP contribution in [0.5, 0.6) is 0 Å². The molecule has 1 aliphatic carbocycles. The van der Waals surface area contributed by atoms with Crippen molar-refractivity contribution in [2.75, 3.05) is 11.9 Å². The van der Waals surface area contributed by atoms with E-state index in [1.54, 1.807) is 29.9 Å². The minimum atomic E-state index is -0.434. The molecule has 126 valence electrons. The lowest BCUT2D eigenvalue weighted by Crippen LogP contribution is -2.24. The Morgan fingerprint density at radius 2 is 2.12 bits per heavy atom. The van der Waals surface area contributed by atoms with Gasteiger partial charge in [-0.25, -0.2) is 4.98 Å². The third-order valence-corrected chi connectivity index (χ3v) is 4.77. The second-order valence-electron chi connectivity index (χ2n) is 6.97. The zero-order valence-corrected chi connectivity index (χ0v) is 14.2. The quantitative estimate of drug-likeness (QED) is 0.479. The Balaban J connectivity index is 1.98. The molecular formula is C17H20N4O3. The average Bonchev–Trinajstić information content (AvgIpc) is 2.96. The molecule has 7 heteroatoms. The molecule has 7 nitrogen and oxygen atoms in total. The van der Waals surface area contributed by atoms with Crippen molar-refractivity contribution in [1.82, 2.24) is 9.55 Å². The highest BCUT2D eigenvalue weighted by atomic mass is 16.6. The summed E-state index contributed by atoms with van der Waals surface area (Å²) in [5.74, 6) is -0.0692. The number of nitro benzene ring substituents is 1.